The van der Waals surface area contributed by atoms with Gasteiger partial charge in [0, 0.05) is 17.3 Å². The Morgan fingerprint density at radius 3 is 2.87 bits per heavy atom. The summed E-state index contributed by atoms with van der Waals surface area (Å²) >= 11 is 4.94. The Kier molecular flexibility index (Phi) is 2.92. The van der Waals surface area contributed by atoms with Gasteiger partial charge >= 0.3 is 0 Å². The quantitative estimate of drug-likeness (QED) is 0.771. The molecule has 3 heteroatoms. The molecule has 0 unspecified atom stereocenters. The van der Waals surface area contributed by atoms with Crippen molar-refractivity contribution in [1.82, 2.24) is 0 Å². The van der Waals surface area contributed by atoms with E-state index in [2.05, 4.69) is 11.1 Å². The molecule has 2 rings (SSSR count). The van der Waals surface area contributed by atoms with E-state index in [1.807, 2.05) is 30.5 Å². The molecule has 1 aliphatic rings. The second kappa shape index (κ2) is 4.36. The lowest BCUT2D eigenvalue weighted by Gasteiger charge is -2.07. The van der Waals surface area contributed by atoms with Crippen LogP contribution in [0.4, 0.5) is 0 Å². The maximum Gasteiger partial charge on any atom is 0.104 e. The lowest BCUT2D eigenvalue weighted by Crippen LogP contribution is -2.09. The number of benzene rings is 1. The topological polar surface area (TPSA) is 38.4 Å². The fourth-order valence-electron chi connectivity index (χ4n) is 1.53. The molecule has 0 aliphatic carbocycles. The van der Waals surface area contributed by atoms with Gasteiger partial charge in [0.25, 0.3) is 0 Å². The number of nitrogens with two attached hydrogens (primary N) is 1. The van der Waals surface area contributed by atoms with Crippen molar-refractivity contribution in [1.29, 1.82) is 0 Å². The van der Waals surface area contributed by atoms with Crippen molar-refractivity contribution in [2.45, 2.75) is 12.8 Å². The number of nitrogens with zero attached hydrogens (tertiary/aromatic N) is 1. The lowest BCUT2D eigenvalue weighted by atomic mass is 10.1. The molecule has 0 radical (unpaired) electrons. The van der Waals surface area contributed by atoms with Crippen molar-refractivity contribution < 1.29 is 0 Å². The first-order valence-electron chi connectivity index (χ1n) is 4.90. The zero-order valence-electron chi connectivity index (χ0n) is 8.31. The molecule has 1 aromatic rings. The molecule has 0 amide bonds. The predicted molar refractivity (Wildman–Crippen MR) is 68.0 cm³/mol. The molecule has 2 N–H and O–H groups in total. The molecule has 76 valence electrons. The Bertz CT molecular complexity index is 447. The molecule has 1 aliphatic heterocycles. The largest absolute Gasteiger partial charge is 0.389 e. The summed E-state index contributed by atoms with van der Waals surface area (Å²) in [6.45, 7) is 0. The van der Waals surface area contributed by atoms with E-state index in [4.69, 9.17) is 18.0 Å². The molecule has 0 saturated carbocycles. The van der Waals surface area contributed by atoms with Gasteiger partial charge in [0.05, 0.1) is 5.70 Å². The summed E-state index contributed by atoms with van der Waals surface area (Å²) in [5.41, 5.74) is 8.57. The van der Waals surface area contributed by atoms with E-state index in [0.717, 1.165) is 29.7 Å². The summed E-state index contributed by atoms with van der Waals surface area (Å²) in [6, 6.07) is 7.88. The minimum Gasteiger partial charge on any atom is -0.389 e. The Morgan fingerprint density at radius 2 is 2.20 bits per heavy atom. The first-order valence-corrected chi connectivity index (χ1v) is 5.31. The summed E-state index contributed by atoms with van der Waals surface area (Å²) in [6.07, 6.45) is 6.16. The van der Waals surface area contributed by atoms with Crippen molar-refractivity contribution in [3.63, 3.8) is 0 Å². The number of hydrogen-bond acceptors (Lipinski definition) is 2. The normalized spacial score (nSPS) is 14.8. The Hall–Kier alpha value is -1.48. The monoisotopic (exact) mass is 216 g/mol. The van der Waals surface area contributed by atoms with Crippen molar-refractivity contribution in [3.05, 3.63) is 41.5 Å². The van der Waals surface area contributed by atoms with Gasteiger partial charge in [0.2, 0.25) is 0 Å². The van der Waals surface area contributed by atoms with E-state index >= 15 is 0 Å². The highest BCUT2D eigenvalue weighted by Crippen LogP contribution is 2.20. The smallest absolute Gasteiger partial charge is 0.104 e. The van der Waals surface area contributed by atoms with Crippen LogP contribution in [0.2, 0.25) is 0 Å². The number of thiocarbonyl (C=S) groups is 1. The molecule has 2 nitrogen and oxygen atoms in total. The van der Waals surface area contributed by atoms with Crippen molar-refractivity contribution >= 4 is 29.1 Å². The van der Waals surface area contributed by atoms with Gasteiger partial charge in [0.1, 0.15) is 4.99 Å². The van der Waals surface area contributed by atoms with Crippen LogP contribution in [0.3, 0.4) is 0 Å². The van der Waals surface area contributed by atoms with Crippen LogP contribution < -0.4 is 5.73 Å². The van der Waals surface area contributed by atoms with Gasteiger partial charge in [-0.15, -0.1) is 0 Å². The summed E-state index contributed by atoms with van der Waals surface area (Å²) < 4.78 is 0. The summed E-state index contributed by atoms with van der Waals surface area (Å²) in [5.74, 6) is 0. The fraction of sp³-hybridized carbons (Fsp3) is 0.167. The van der Waals surface area contributed by atoms with Crippen LogP contribution in [0.5, 0.6) is 0 Å². The minimum absolute atomic E-state index is 0.428. The van der Waals surface area contributed by atoms with Crippen LogP contribution in [-0.4, -0.2) is 11.2 Å². The lowest BCUT2D eigenvalue weighted by molar-refractivity contribution is 1.09. The van der Waals surface area contributed by atoms with Gasteiger partial charge in [-0.3, -0.25) is 4.99 Å². The third-order valence-electron chi connectivity index (χ3n) is 2.31. The molecular weight excluding hydrogens is 204 g/mol. The van der Waals surface area contributed by atoms with Crippen LogP contribution in [0, 0.1) is 0 Å². The van der Waals surface area contributed by atoms with E-state index < -0.39 is 0 Å². The third kappa shape index (κ3) is 2.30. The van der Waals surface area contributed by atoms with Crippen LogP contribution >= 0.6 is 12.2 Å². The van der Waals surface area contributed by atoms with E-state index in [1.165, 1.54) is 0 Å². The molecular formula is C12H12N2S. The summed E-state index contributed by atoms with van der Waals surface area (Å²) in [7, 11) is 0. The van der Waals surface area contributed by atoms with E-state index in [0.29, 0.717) is 4.99 Å². The molecule has 0 fully saturated rings. The zero-order chi connectivity index (χ0) is 10.7. The average Bonchev–Trinajstić information content (AvgIpc) is 2.30. The van der Waals surface area contributed by atoms with Gasteiger partial charge in [-0.2, -0.15) is 0 Å². The molecule has 0 saturated heterocycles. The zero-order valence-corrected chi connectivity index (χ0v) is 9.13. The minimum atomic E-state index is 0.428. The standard InChI is InChI=1S/C12H12N2S/c13-12(15)10-5-3-4-9(8-10)11-6-1-2-7-14-11/h3-8H,1-2H2,(H2,13,15). The van der Waals surface area contributed by atoms with E-state index in [1.54, 1.807) is 0 Å². The Labute approximate surface area is 94.5 Å². The fourth-order valence-corrected chi connectivity index (χ4v) is 1.66. The number of allylic oxidation sites excluding steroid dienone is 1. The maximum atomic E-state index is 5.59. The molecule has 15 heavy (non-hydrogen) atoms. The molecule has 0 spiro atoms. The number of rotatable bonds is 2. The van der Waals surface area contributed by atoms with E-state index in [-0.39, 0.29) is 0 Å². The summed E-state index contributed by atoms with van der Waals surface area (Å²) in [4.78, 5) is 4.78. The first kappa shape index (κ1) is 10.1. The van der Waals surface area contributed by atoms with Crippen LogP contribution in [-0.2, 0) is 0 Å². The average molecular weight is 216 g/mol. The Balaban J connectivity index is 2.36. The number of aliphatic imine (C=N–C) groups is 1. The van der Waals surface area contributed by atoms with E-state index in [9.17, 15) is 0 Å². The molecule has 0 bridgehead atoms. The highest BCUT2D eigenvalue weighted by molar-refractivity contribution is 7.80. The highest BCUT2D eigenvalue weighted by Gasteiger charge is 2.04. The molecule has 0 aromatic heterocycles. The summed E-state index contributed by atoms with van der Waals surface area (Å²) in [5, 5.41) is 0. The van der Waals surface area contributed by atoms with Crippen LogP contribution in [0.1, 0.15) is 24.0 Å². The number of hydrogen-bond donors (Lipinski definition) is 1. The van der Waals surface area contributed by atoms with Gasteiger partial charge in [-0.05, 0) is 18.9 Å². The second-order valence-electron chi connectivity index (χ2n) is 3.42. The van der Waals surface area contributed by atoms with Gasteiger partial charge < -0.3 is 5.73 Å². The first-order chi connectivity index (χ1) is 7.27. The van der Waals surface area contributed by atoms with Gasteiger partial charge in [-0.1, -0.05) is 36.5 Å². The maximum absolute atomic E-state index is 5.59. The molecule has 0 atom stereocenters. The van der Waals surface area contributed by atoms with Gasteiger partial charge in [0.15, 0.2) is 0 Å². The molecule has 1 aromatic carbocycles. The Morgan fingerprint density at radius 1 is 1.33 bits per heavy atom. The predicted octanol–water partition coefficient (Wildman–Crippen LogP) is 2.53. The van der Waals surface area contributed by atoms with Gasteiger partial charge in [-0.25, -0.2) is 0 Å². The third-order valence-corrected chi connectivity index (χ3v) is 2.54. The van der Waals surface area contributed by atoms with Crippen LogP contribution in [0.15, 0.2) is 35.3 Å². The van der Waals surface area contributed by atoms with Crippen molar-refractivity contribution in [3.8, 4) is 0 Å². The van der Waals surface area contributed by atoms with Crippen molar-refractivity contribution in [2.75, 3.05) is 0 Å². The van der Waals surface area contributed by atoms with Crippen LogP contribution in [0.25, 0.3) is 5.70 Å². The van der Waals surface area contributed by atoms with Crippen molar-refractivity contribution in [2.24, 2.45) is 10.7 Å². The SMILES string of the molecule is NC(=S)c1cccc(C2=CCCC=N2)c1. The molecule has 1 heterocycles. The second-order valence-corrected chi connectivity index (χ2v) is 3.86. The highest BCUT2D eigenvalue weighted by atomic mass is 32.1.